The Morgan fingerprint density at radius 3 is 2.77 bits per heavy atom. The first-order chi connectivity index (χ1) is 15.0. The highest BCUT2D eigenvalue weighted by molar-refractivity contribution is 6.30. The summed E-state index contributed by atoms with van der Waals surface area (Å²) in [6.45, 7) is 0.847. The Bertz CT molecular complexity index is 1150. The molecule has 0 bridgehead atoms. The fourth-order valence-electron chi connectivity index (χ4n) is 3.56. The van der Waals surface area contributed by atoms with Crippen molar-refractivity contribution in [2.75, 3.05) is 25.1 Å². The molecule has 9 heteroatoms. The van der Waals surface area contributed by atoms with Crippen LogP contribution in [0.3, 0.4) is 0 Å². The van der Waals surface area contributed by atoms with Gasteiger partial charge >= 0.3 is 0 Å². The number of halogens is 3. The lowest BCUT2D eigenvalue weighted by Crippen LogP contribution is -2.36. The second-order valence-electron chi connectivity index (χ2n) is 7.33. The largest absolute Gasteiger partial charge is 0.394 e. The minimum Gasteiger partial charge on any atom is -0.394 e. The molecule has 4 rings (SSSR count). The monoisotopic (exact) mass is 447 g/mol. The standard InChI is InChI=1S/C22H20ClF2N3O3/c23-17-5-4-13(8-18(17)25)19-10-20(26-21(11-29)14-6-7-31-12-14)22(30)28(27-19)16-3-1-2-15(24)9-16/h1-5,8-10,14,21,26,29H,6-7,11-12H2. The number of nitrogens with zero attached hydrogens (tertiary/aromatic N) is 2. The highest BCUT2D eigenvalue weighted by Gasteiger charge is 2.26. The molecular formula is C22H20ClF2N3O3. The van der Waals surface area contributed by atoms with Crippen molar-refractivity contribution in [1.82, 2.24) is 9.78 Å². The van der Waals surface area contributed by atoms with E-state index in [1.807, 2.05) is 0 Å². The summed E-state index contributed by atoms with van der Waals surface area (Å²) >= 11 is 5.79. The van der Waals surface area contributed by atoms with E-state index in [9.17, 15) is 18.7 Å². The SMILES string of the molecule is O=c1c(NC(CO)C2CCOC2)cc(-c2ccc(Cl)c(F)c2)nn1-c1cccc(F)c1. The van der Waals surface area contributed by atoms with Crippen LogP contribution in [-0.4, -0.2) is 40.7 Å². The van der Waals surface area contributed by atoms with Crippen LogP contribution in [0.15, 0.2) is 53.3 Å². The van der Waals surface area contributed by atoms with E-state index >= 15 is 0 Å². The smallest absolute Gasteiger partial charge is 0.294 e. The number of aliphatic hydroxyl groups excluding tert-OH is 1. The third kappa shape index (κ3) is 4.61. The number of aromatic nitrogens is 2. The minimum absolute atomic E-state index is 0.0246. The first-order valence-electron chi connectivity index (χ1n) is 9.77. The molecule has 0 amide bonds. The Balaban J connectivity index is 1.83. The molecule has 2 aromatic carbocycles. The summed E-state index contributed by atoms with van der Waals surface area (Å²) in [5, 5.41) is 17.2. The molecule has 0 saturated carbocycles. The number of rotatable bonds is 6. The lowest BCUT2D eigenvalue weighted by Gasteiger charge is -2.23. The van der Waals surface area contributed by atoms with E-state index in [-0.39, 0.29) is 34.6 Å². The van der Waals surface area contributed by atoms with E-state index < -0.39 is 23.2 Å². The Labute approximate surface area is 182 Å². The predicted molar refractivity (Wildman–Crippen MR) is 114 cm³/mol. The van der Waals surface area contributed by atoms with E-state index in [0.717, 1.165) is 11.1 Å². The van der Waals surface area contributed by atoms with Crippen molar-refractivity contribution in [1.29, 1.82) is 0 Å². The molecule has 1 aromatic heterocycles. The predicted octanol–water partition coefficient (Wildman–Crippen LogP) is 3.64. The molecule has 1 fully saturated rings. The summed E-state index contributed by atoms with van der Waals surface area (Å²) in [6, 6.07) is 10.7. The normalized spacial score (nSPS) is 17.0. The minimum atomic E-state index is -0.629. The number of hydrogen-bond donors (Lipinski definition) is 2. The molecular weight excluding hydrogens is 428 g/mol. The van der Waals surface area contributed by atoms with Gasteiger partial charge in [-0.1, -0.05) is 23.7 Å². The second-order valence-corrected chi connectivity index (χ2v) is 7.73. The number of ether oxygens (including phenoxy) is 1. The van der Waals surface area contributed by atoms with Gasteiger partial charge in [-0.05, 0) is 42.8 Å². The Morgan fingerprint density at radius 1 is 1.26 bits per heavy atom. The molecule has 2 N–H and O–H groups in total. The van der Waals surface area contributed by atoms with Crippen molar-refractivity contribution in [2.24, 2.45) is 5.92 Å². The Kier molecular flexibility index (Phi) is 6.31. The lowest BCUT2D eigenvalue weighted by molar-refractivity contribution is 0.170. The van der Waals surface area contributed by atoms with Crippen LogP contribution in [0.5, 0.6) is 0 Å². The van der Waals surface area contributed by atoms with Crippen LogP contribution in [0, 0.1) is 17.6 Å². The van der Waals surface area contributed by atoms with Crippen LogP contribution >= 0.6 is 11.6 Å². The van der Waals surface area contributed by atoms with Gasteiger partial charge in [-0.25, -0.2) is 8.78 Å². The zero-order valence-electron chi connectivity index (χ0n) is 16.4. The summed E-state index contributed by atoms with van der Waals surface area (Å²) in [5.41, 5.74) is 0.506. The number of benzene rings is 2. The zero-order chi connectivity index (χ0) is 22.0. The van der Waals surface area contributed by atoms with Gasteiger partial charge in [0.15, 0.2) is 0 Å². The van der Waals surface area contributed by atoms with Crippen molar-refractivity contribution in [2.45, 2.75) is 12.5 Å². The molecule has 0 aliphatic carbocycles. The van der Waals surface area contributed by atoms with Gasteiger partial charge in [-0.15, -0.1) is 0 Å². The van der Waals surface area contributed by atoms with Crippen molar-refractivity contribution in [3.05, 3.63) is 75.5 Å². The average molecular weight is 448 g/mol. The third-order valence-corrected chi connectivity index (χ3v) is 5.56. The van der Waals surface area contributed by atoms with Gasteiger partial charge in [0.1, 0.15) is 17.3 Å². The van der Waals surface area contributed by atoms with Gasteiger partial charge in [-0.2, -0.15) is 9.78 Å². The average Bonchev–Trinajstić information content (AvgIpc) is 3.29. The second kappa shape index (κ2) is 9.13. The van der Waals surface area contributed by atoms with E-state index in [2.05, 4.69) is 10.4 Å². The van der Waals surface area contributed by atoms with Crippen LogP contribution in [0.1, 0.15) is 6.42 Å². The van der Waals surface area contributed by atoms with E-state index in [4.69, 9.17) is 16.3 Å². The first kappa shape index (κ1) is 21.4. The van der Waals surface area contributed by atoms with Crippen LogP contribution < -0.4 is 10.9 Å². The first-order valence-corrected chi connectivity index (χ1v) is 10.1. The van der Waals surface area contributed by atoms with Gasteiger partial charge in [0, 0.05) is 18.1 Å². The number of anilines is 1. The van der Waals surface area contributed by atoms with Gasteiger partial charge < -0.3 is 15.2 Å². The maximum Gasteiger partial charge on any atom is 0.294 e. The van der Waals surface area contributed by atoms with Crippen molar-refractivity contribution in [3.63, 3.8) is 0 Å². The Morgan fingerprint density at radius 2 is 2.10 bits per heavy atom. The molecule has 162 valence electrons. The fourth-order valence-corrected chi connectivity index (χ4v) is 3.68. The van der Waals surface area contributed by atoms with Gasteiger partial charge in [-0.3, -0.25) is 4.79 Å². The van der Waals surface area contributed by atoms with Crippen LogP contribution in [0.25, 0.3) is 16.9 Å². The maximum atomic E-state index is 14.0. The summed E-state index contributed by atoms with van der Waals surface area (Å²) in [4.78, 5) is 13.2. The van der Waals surface area contributed by atoms with Crippen LogP contribution in [0.2, 0.25) is 5.02 Å². The quantitative estimate of drug-likeness (QED) is 0.603. The van der Waals surface area contributed by atoms with Gasteiger partial charge in [0.05, 0.1) is 35.7 Å². The van der Waals surface area contributed by atoms with Crippen molar-refractivity contribution < 1.29 is 18.6 Å². The molecule has 1 aliphatic rings. The molecule has 0 spiro atoms. The van der Waals surface area contributed by atoms with Crippen molar-refractivity contribution >= 4 is 17.3 Å². The van der Waals surface area contributed by atoms with E-state index in [1.54, 1.807) is 12.1 Å². The Hall–Kier alpha value is -2.81. The highest BCUT2D eigenvalue weighted by Crippen LogP contribution is 2.25. The van der Waals surface area contributed by atoms with Crippen molar-refractivity contribution in [3.8, 4) is 16.9 Å². The number of aliphatic hydroxyl groups is 1. The number of hydrogen-bond acceptors (Lipinski definition) is 5. The molecule has 6 nitrogen and oxygen atoms in total. The third-order valence-electron chi connectivity index (χ3n) is 5.25. The van der Waals surface area contributed by atoms with Gasteiger partial charge in [0.25, 0.3) is 5.56 Å². The summed E-state index contributed by atoms with van der Waals surface area (Å²) in [7, 11) is 0. The van der Waals surface area contributed by atoms with Crippen LogP contribution in [0.4, 0.5) is 14.5 Å². The summed E-state index contributed by atoms with van der Waals surface area (Å²) in [5.74, 6) is -1.13. The zero-order valence-corrected chi connectivity index (χ0v) is 17.1. The van der Waals surface area contributed by atoms with Crippen LogP contribution in [-0.2, 0) is 4.74 Å². The molecule has 2 atom stereocenters. The summed E-state index contributed by atoms with van der Waals surface area (Å²) in [6.07, 6.45) is 0.747. The summed E-state index contributed by atoms with van der Waals surface area (Å²) < 4.78 is 34.3. The molecule has 1 aliphatic heterocycles. The molecule has 1 saturated heterocycles. The van der Waals surface area contributed by atoms with Gasteiger partial charge in [0.2, 0.25) is 0 Å². The molecule has 31 heavy (non-hydrogen) atoms. The topological polar surface area (TPSA) is 76.4 Å². The van der Waals surface area contributed by atoms with E-state index in [0.29, 0.717) is 18.8 Å². The molecule has 2 heterocycles. The highest BCUT2D eigenvalue weighted by atomic mass is 35.5. The number of nitrogens with one attached hydrogen (secondary N) is 1. The maximum absolute atomic E-state index is 14.0. The lowest BCUT2D eigenvalue weighted by atomic mass is 9.99. The van der Waals surface area contributed by atoms with E-state index in [1.165, 1.54) is 36.4 Å². The molecule has 0 radical (unpaired) electrons. The molecule has 3 aromatic rings. The fraction of sp³-hybridized carbons (Fsp3) is 0.273. The molecule has 2 unspecified atom stereocenters.